The van der Waals surface area contributed by atoms with E-state index in [2.05, 4.69) is 6.92 Å². The van der Waals surface area contributed by atoms with Crippen molar-refractivity contribution in [3.05, 3.63) is 6.43 Å². The highest BCUT2D eigenvalue weighted by atomic mass is 19.3. The number of hydrogen-bond acceptors (Lipinski definition) is 0. The van der Waals surface area contributed by atoms with E-state index in [9.17, 15) is 8.78 Å². The Morgan fingerprint density at radius 3 is 2.40 bits per heavy atom. The molecule has 1 radical (unpaired) electrons. The van der Waals surface area contributed by atoms with Crippen LogP contribution in [0.3, 0.4) is 0 Å². The van der Waals surface area contributed by atoms with Gasteiger partial charge in [0.15, 0.2) is 0 Å². The standard InChI is InChI=1S/C8H13F2/c1-6-3-2-4-7(5-6)8(9)10/h6-7H,2-5H2,1H3. The van der Waals surface area contributed by atoms with Gasteiger partial charge in [-0.1, -0.05) is 19.8 Å². The van der Waals surface area contributed by atoms with Crippen molar-refractivity contribution in [3.8, 4) is 0 Å². The third-order valence-electron chi connectivity index (χ3n) is 2.25. The maximum atomic E-state index is 12.0. The first kappa shape index (κ1) is 7.96. The molecule has 1 rings (SSSR count). The van der Waals surface area contributed by atoms with Crippen LogP contribution in [0.1, 0.15) is 32.6 Å². The van der Waals surface area contributed by atoms with E-state index in [-0.39, 0.29) is 5.92 Å². The summed E-state index contributed by atoms with van der Waals surface area (Å²) in [4.78, 5) is 0. The molecule has 1 fully saturated rings. The van der Waals surface area contributed by atoms with Gasteiger partial charge in [-0.2, -0.15) is 8.78 Å². The van der Waals surface area contributed by atoms with Gasteiger partial charge >= 0.3 is 6.43 Å². The molecular weight excluding hydrogens is 134 g/mol. The summed E-state index contributed by atoms with van der Waals surface area (Å²) in [6.07, 6.45) is 2.15. The van der Waals surface area contributed by atoms with E-state index in [1.54, 1.807) is 0 Å². The average molecular weight is 147 g/mol. The van der Waals surface area contributed by atoms with Crippen molar-refractivity contribution in [2.24, 2.45) is 11.8 Å². The summed E-state index contributed by atoms with van der Waals surface area (Å²) in [6.45, 7) is 2.05. The maximum Gasteiger partial charge on any atom is 0.313 e. The van der Waals surface area contributed by atoms with Crippen molar-refractivity contribution in [1.29, 1.82) is 0 Å². The predicted molar refractivity (Wildman–Crippen MR) is 36.6 cm³/mol. The highest BCUT2D eigenvalue weighted by molar-refractivity contribution is 4.80. The number of hydrogen-bond donors (Lipinski definition) is 0. The molecular formula is C8H13F2. The summed E-state index contributed by atoms with van der Waals surface area (Å²) < 4.78 is 24.0. The highest BCUT2D eigenvalue weighted by Crippen LogP contribution is 2.35. The minimum absolute atomic E-state index is 0.385. The van der Waals surface area contributed by atoms with Crippen LogP contribution in [-0.2, 0) is 0 Å². The summed E-state index contributed by atoms with van der Waals surface area (Å²) in [6, 6.07) is 0. The Hall–Kier alpha value is -0.140. The summed E-state index contributed by atoms with van der Waals surface area (Å²) in [5, 5.41) is 0. The fraction of sp³-hybridized carbons (Fsp3) is 0.875. The molecule has 0 N–H and O–H groups in total. The third-order valence-corrected chi connectivity index (χ3v) is 2.25. The van der Waals surface area contributed by atoms with Gasteiger partial charge in [0.05, 0.1) is 0 Å². The average Bonchev–Trinajstić information content (AvgIpc) is 1.88. The van der Waals surface area contributed by atoms with E-state index < -0.39 is 6.43 Å². The minimum Gasteiger partial charge on any atom is -0.200 e. The van der Waals surface area contributed by atoms with Crippen LogP contribution >= 0.6 is 0 Å². The molecule has 2 atom stereocenters. The van der Waals surface area contributed by atoms with Crippen LogP contribution in [-0.4, -0.2) is 0 Å². The molecule has 0 aromatic heterocycles. The molecule has 0 bridgehead atoms. The van der Waals surface area contributed by atoms with Crippen LogP contribution < -0.4 is 0 Å². The summed E-state index contributed by atoms with van der Waals surface area (Å²) in [7, 11) is 0. The lowest BCUT2D eigenvalue weighted by Gasteiger charge is -2.24. The lowest BCUT2D eigenvalue weighted by Crippen LogP contribution is -2.15. The topological polar surface area (TPSA) is 0 Å². The fourth-order valence-corrected chi connectivity index (χ4v) is 1.63. The second-order valence-corrected chi connectivity index (χ2v) is 3.26. The van der Waals surface area contributed by atoms with E-state index in [1.807, 2.05) is 0 Å². The van der Waals surface area contributed by atoms with Crippen molar-refractivity contribution in [2.45, 2.75) is 32.6 Å². The molecule has 0 aliphatic heterocycles. The zero-order valence-electron chi connectivity index (χ0n) is 6.24. The van der Waals surface area contributed by atoms with Gasteiger partial charge in [0.2, 0.25) is 0 Å². The first-order valence-corrected chi connectivity index (χ1v) is 3.88. The normalized spacial score (nSPS) is 34.8. The van der Waals surface area contributed by atoms with Crippen molar-refractivity contribution in [3.63, 3.8) is 0 Å². The molecule has 0 aromatic rings. The molecule has 10 heavy (non-hydrogen) atoms. The summed E-state index contributed by atoms with van der Waals surface area (Å²) in [5.41, 5.74) is 0. The molecule has 0 amide bonds. The Balaban J connectivity index is 2.32. The van der Waals surface area contributed by atoms with Crippen LogP contribution in [0.2, 0.25) is 0 Å². The molecule has 1 saturated carbocycles. The first-order valence-electron chi connectivity index (χ1n) is 3.88. The molecule has 0 nitrogen and oxygen atoms in total. The Kier molecular flexibility index (Phi) is 2.64. The zero-order valence-corrected chi connectivity index (χ0v) is 6.24. The van der Waals surface area contributed by atoms with E-state index in [0.29, 0.717) is 18.8 Å². The largest absolute Gasteiger partial charge is 0.313 e. The van der Waals surface area contributed by atoms with Gasteiger partial charge in [-0.3, -0.25) is 0 Å². The quantitative estimate of drug-likeness (QED) is 0.534. The molecule has 0 aromatic carbocycles. The molecule has 0 spiro atoms. The molecule has 2 unspecified atom stereocenters. The molecule has 2 heteroatoms. The van der Waals surface area contributed by atoms with Gasteiger partial charge in [-0.15, -0.1) is 0 Å². The maximum absolute atomic E-state index is 12.0. The molecule has 59 valence electrons. The van der Waals surface area contributed by atoms with Crippen molar-refractivity contribution in [1.82, 2.24) is 0 Å². The Labute approximate surface area is 60.6 Å². The Morgan fingerprint density at radius 1 is 1.30 bits per heavy atom. The van der Waals surface area contributed by atoms with Gasteiger partial charge in [0.25, 0.3) is 0 Å². The van der Waals surface area contributed by atoms with Crippen LogP contribution in [0.25, 0.3) is 0 Å². The van der Waals surface area contributed by atoms with Crippen LogP contribution in [0.5, 0.6) is 0 Å². The van der Waals surface area contributed by atoms with Crippen LogP contribution in [0, 0.1) is 18.3 Å². The van der Waals surface area contributed by atoms with Crippen molar-refractivity contribution < 1.29 is 8.78 Å². The smallest absolute Gasteiger partial charge is 0.200 e. The van der Waals surface area contributed by atoms with Crippen LogP contribution in [0.4, 0.5) is 8.78 Å². The van der Waals surface area contributed by atoms with E-state index in [0.717, 1.165) is 12.8 Å². The molecule has 0 heterocycles. The van der Waals surface area contributed by atoms with Gasteiger partial charge in [0, 0.05) is 5.92 Å². The molecule has 1 aliphatic carbocycles. The molecule has 0 saturated heterocycles. The summed E-state index contributed by atoms with van der Waals surface area (Å²) >= 11 is 0. The lowest BCUT2D eigenvalue weighted by molar-refractivity contribution is 0.148. The van der Waals surface area contributed by atoms with E-state index in [1.165, 1.54) is 0 Å². The van der Waals surface area contributed by atoms with Gasteiger partial charge in [-0.25, -0.2) is 0 Å². The second-order valence-electron chi connectivity index (χ2n) is 3.26. The van der Waals surface area contributed by atoms with E-state index in [4.69, 9.17) is 0 Å². The van der Waals surface area contributed by atoms with Crippen molar-refractivity contribution in [2.75, 3.05) is 0 Å². The number of rotatable bonds is 1. The van der Waals surface area contributed by atoms with Gasteiger partial charge in [-0.05, 0) is 18.8 Å². The second kappa shape index (κ2) is 3.31. The van der Waals surface area contributed by atoms with Crippen molar-refractivity contribution >= 4 is 0 Å². The third kappa shape index (κ3) is 1.93. The highest BCUT2D eigenvalue weighted by Gasteiger charge is 2.27. The zero-order chi connectivity index (χ0) is 7.56. The minimum atomic E-state index is -1.36. The summed E-state index contributed by atoms with van der Waals surface area (Å²) in [5.74, 6) is 0.115. The first-order chi connectivity index (χ1) is 4.70. The molecule has 1 aliphatic rings. The Bertz CT molecular complexity index is 101. The van der Waals surface area contributed by atoms with E-state index >= 15 is 0 Å². The fourth-order valence-electron chi connectivity index (χ4n) is 1.63. The van der Waals surface area contributed by atoms with Gasteiger partial charge < -0.3 is 0 Å². The number of halogens is 2. The van der Waals surface area contributed by atoms with Gasteiger partial charge in [0.1, 0.15) is 0 Å². The Morgan fingerprint density at radius 2 is 2.00 bits per heavy atom. The monoisotopic (exact) mass is 147 g/mol. The SMILES string of the molecule is CC1CCCC([C](F)F)C1. The predicted octanol–water partition coefficient (Wildman–Crippen LogP) is 3.24. The lowest BCUT2D eigenvalue weighted by atomic mass is 9.83. The van der Waals surface area contributed by atoms with Crippen LogP contribution in [0.15, 0.2) is 0 Å².